The lowest BCUT2D eigenvalue weighted by atomic mass is 9.71. The lowest BCUT2D eigenvalue weighted by Crippen LogP contribution is -2.54. The second-order valence-corrected chi connectivity index (χ2v) is 5.51. The summed E-state index contributed by atoms with van der Waals surface area (Å²) in [5, 5.41) is 14.3. The number of aliphatic hydroxyl groups is 1. The number of aryl methyl sites for hydroxylation is 1. The van der Waals surface area contributed by atoms with Crippen LogP contribution in [0.4, 0.5) is 0 Å². The predicted molar refractivity (Wildman–Crippen MR) is 70.9 cm³/mol. The zero-order valence-corrected chi connectivity index (χ0v) is 10.9. The number of methoxy groups -OCH3 is 1. The minimum Gasteiger partial charge on any atom is -0.497 e. The number of hydrogen-bond donors (Lipinski definition) is 2. The van der Waals surface area contributed by atoms with Gasteiger partial charge < -0.3 is 15.2 Å². The number of aliphatic hydroxyl groups excluding tert-OH is 1. The van der Waals surface area contributed by atoms with Crippen molar-refractivity contribution in [2.75, 3.05) is 13.7 Å². The molecule has 1 spiro atoms. The third-order valence-electron chi connectivity index (χ3n) is 4.54. The second kappa shape index (κ2) is 4.56. The van der Waals surface area contributed by atoms with Gasteiger partial charge in [0, 0.05) is 5.54 Å². The molecule has 1 aromatic rings. The van der Waals surface area contributed by atoms with Crippen LogP contribution in [0.25, 0.3) is 0 Å². The van der Waals surface area contributed by atoms with Crippen molar-refractivity contribution in [3.8, 4) is 5.75 Å². The topological polar surface area (TPSA) is 41.5 Å². The molecule has 0 saturated carbocycles. The van der Waals surface area contributed by atoms with Crippen molar-refractivity contribution in [2.45, 2.75) is 43.7 Å². The van der Waals surface area contributed by atoms with E-state index in [1.807, 2.05) is 12.1 Å². The van der Waals surface area contributed by atoms with Crippen LogP contribution < -0.4 is 10.1 Å². The maximum Gasteiger partial charge on any atom is 0.119 e. The molecule has 1 saturated heterocycles. The van der Waals surface area contributed by atoms with Crippen LogP contribution in [0.1, 0.15) is 42.9 Å². The van der Waals surface area contributed by atoms with Gasteiger partial charge in [-0.1, -0.05) is 12.5 Å². The van der Waals surface area contributed by atoms with Crippen molar-refractivity contribution in [1.29, 1.82) is 0 Å². The first kappa shape index (κ1) is 12.0. The minimum absolute atomic E-state index is 0.0835. The Labute approximate surface area is 108 Å². The van der Waals surface area contributed by atoms with Crippen molar-refractivity contribution in [1.82, 2.24) is 5.32 Å². The van der Waals surface area contributed by atoms with Gasteiger partial charge in [0.15, 0.2) is 0 Å². The molecule has 98 valence electrons. The van der Waals surface area contributed by atoms with Gasteiger partial charge in [0.25, 0.3) is 0 Å². The summed E-state index contributed by atoms with van der Waals surface area (Å²) in [6.07, 6.45) is 5.19. The summed E-state index contributed by atoms with van der Waals surface area (Å²) < 4.78 is 5.26. The first-order valence-electron chi connectivity index (χ1n) is 6.85. The minimum atomic E-state index is -0.382. The Hall–Kier alpha value is -1.06. The molecule has 18 heavy (non-hydrogen) atoms. The Morgan fingerprint density at radius 2 is 2.22 bits per heavy atom. The summed E-state index contributed by atoms with van der Waals surface area (Å²) >= 11 is 0. The zero-order chi connectivity index (χ0) is 12.6. The largest absolute Gasteiger partial charge is 0.497 e. The average Bonchev–Trinajstić information content (AvgIpc) is 2.44. The highest BCUT2D eigenvalue weighted by Crippen LogP contribution is 2.42. The Balaban J connectivity index is 1.94. The quantitative estimate of drug-likeness (QED) is 0.799. The molecule has 0 aromatic heterocycles. The molecule has 0 radical (unpaired) electrons. The van der Waals surface area contributed by atoms with E-state index < -0.39 is 0 Å². The molecule has 3 rings (SSSR count). The van der Waals surface area contributed by atoms with E-state index in [-0.39, 0.29) is 11.6 Å². The van der Waals surface area contributed by atoms with Crippen molar-refractivity contribution in [2.24, 2.45) is 0 Å². The first-order chi connectivity index (χ1) is 8.75. The lowest BCUT2D eigenvalue weighted by molar-refractivity contribution is 0.0254. The molecule has 0 bridgehead atoms. The van der Waals surface area contributed by atoms with Crippen molar-refractivity contribution < 1.29 is 9.84 Å². The Kier molecular flexibility index (Phi) is 3.04. The van der Waals surface area contributed by atoms with Crippen LogP contribution in [0.15, 0.2) is 18.2 Å². The summed E-state index contributed by atoms with van der Waals surface area (Å²) in [4.78, 5) is 0. The smallest absolute Gasteiger partial charge is 0.119 e. The fourth-order valence-corrected chi connectivity index (χ4v) is 3.42. The average molecular weight is 247 g/mol. The molecule has 1 fully saturated rings. The molecule has 1 aliphatic carbocycles. The van der Waals surface area contributed by atoms with Gasteiger partial charge in [-0.2, -0.15) is 0 Å². The first-order valence-corrected chi connectivity index (χ1v) is 6.85. The molecule has 2 aliphatic rings. The third kappa shape index (κ3) is 1.82. The fraction of sp³-hybridized carbons (Fsp3) is 0.600. The number of piperidine rings is 1. The molecule has 1 heterocycles. The number of nitrogens with one attached hydrogen (secondary N) is 1. The van der Waals surface area contributed by atoms with E-state index in [0.29, 0.717) is 0 Å². The summed E-state index contributed by atoms with van der Waals surface area (Å²) in [6, 6.07) is 6.04. The molecule has 2 N–H and O–H groups in total. The predicted octanol–water partition coefficient (Wildman–Crippen LogP) is 2.19. The van der Waals surface area contributed by atoms with Gasteiger partial charge in [0.1, 0.15) is 5.75 Å². The van der Waals surface area contributed by atoms with Crippen LogP contribution in [0.2, 0.25) is 0 Å². The van der Waals surface area contributed by atoms with Crippen LogP contribution in [0, 0.1) is 0 Å². The Morgan fingerprint density at radius 1 is 1.33 bits per heavy atom. The van der Waals surface area contributed by atoms with Gasteiger partial charge in [0.05, 0.1) is 13.2 Å². The van der Waals surface area contributed by atoms with Gasteiger partial charge in [-0.25, -0.2) is 0 Å². The number of hydrogen-bond acceptors (Lipinski definition) is 3. The molecule has 3 nitrogen and oxygen atoms in total. The second-order valence-electron chi connectivity index (χ2n) is 5.51. The standard InChI is InChI=1S/C15H21NO2/c1-18-12-4-5-13-11(10-12)6-8-15(14(13)17)7-2-3-9-16-15/h4-5,10,14,16-17H,2-3,6-9H2,1H3. The fourth-order valence-electron chi connectivity index (χ4n) is 3.42. The van der Waals surface area contributed by atoms with E-state index in [1.54, 1.807) is 7.11 Å². The van der Waals surface area contributed by atoms with Crippen molar-refractivity contribution in [3.05, 3.63) is 29.3 Å². The third-order valence-corrected chi connectivity index (χ3v) is 4.54. The number of ether oxygens (including phenoxy) is 1. The van der Waals surface area contributed by atoms with E-state index in [1.165, 1.54) is 18.4 Å². The van der Waals surface area contributed by atoms with Crippen LogP contribution >= 0.6 is 0 Å². The van der Waals surface area contributed by atoms with Crippen molar-refractivity contribution >= 4 is 0 Å². The Bertz CT molecular complexity index is 438. The normalized spacial score (nSPS) is 31.1. The van der Waals surface area contributed by atoms with Crippen LogP contribution in [0.3, 0.4) is 0 Å². The van der Waals surface area contributed by atoms with Crippen molar-refractivity contribution in [3.63, 3.8) is 0 Å². The molecule has 2 atom stereocenters. The van der Waals surface area contributed by atoms with E-state index in [2.05, 4.69) is 11.4 Å². The summed E-state index contributed by atoms with van der Waals surface area (Å²) in [5.74, 6) is 0.883. The number of fused-ring (bicyclic) bond motifs is 1. The molecule has 1 aromatic carbocycles. The summed E-state index contributed by atoms with van der Waals surface area (Å²) in [7, 11) is 1.69. The summed E-state index contributed by atoms with van der Waals surface area (Å²) in [5.41, 5.74) is 2.23. The van der Waals surface area contributed by atoms with E-state index in [4.69, 9.17) is 4.74 Å². The highest BCUT2D eigenvalue weighted by Gasteiger charge is 2.42. The van der Waals surface area contributed by atoms with Gasteiger partial charge >= 0.3 is 0 Å². The highest BCUT2D eigenvalue weighted by molar-refractivity contribution is 5.40. The maximum atomic E-state index is 10.7. The Morgan fingerprint density at radius 3 is 2.94 bits per heavy atom. The molecule has 0 amide bonds. The molecule has 3 heteroatoms. The molecule has 2 unspecified atom stereocenters. The van der Waals surface area contributed by atoms with Gasteiger partial charge in [0.2, 0.25) is 0 Å². The molecular weight excluding hydrogens is 226 g/mol. The monoisotopic (exact) mass is 247 g/mol. The zero-order valence-electron chi connectivity index (χ0n) is 10.9. The highest BCUT2D eigenvalue weighted by atomic mass is 16.5. The summed E-state index contributed by atoms with van der Waals surface area (Å²) in [6.45, 7) is 1.03. The van der Waals surface area contributed by atoms with Crippen LogP contribution in [-0.2, 0) is 6.42 Å². The van der Waals surface area contributed by atoms with E-state index >= 15 is 0 Å². The number of benzene rings is 1. The van der Waals surface area contributed by atoms with Crippen LogP contribution in [-0.4, -0.2) is 24.3 Å². The van der Waals surface area contributed by atoms with Gasteiger partial charge in [-0.3, -0.25) is 0 Å². The van der Waals surface area contributed by atoms with Gasteiger partial charge in [-0.05, 0) is 55.5 Å². The van der Waals surface area contributed by atoms with Crippen LogP contribution in [0.5, 0.6) is 5.75 Å². The SMILES string of the molecule is COc1ccc2c(c1)CCC1(CCCCN1)C2O. The van der Waals surface area contributed by atoms with E-state index in [9.17, 15) is 5.11 Å². The van der Waals surface area contributed by atoms with E-state index in [0.717, 1.165) is 37.1 Å². The molecule has 1 aliphatic heterocycles. The number of rotatable bonds is 1. The maximum absolute atomic E-state index is 10.7. The lowest BCUT2D eigenvalue weighted by Gasteiger charge is -2.46. The van der Waals surface area contributed by atoms with Gasteiger partial charge in [-0.15, -0.1) is 0 Å². The molecular formula is C15H21NO2.